The molecule has 1 aromatic carbocycles. The lowest BCUT2D eigenvalue weighted by Gasteiger charge is -2.18. The molecule has 0 bridgehead atoms. The molecule has 0 unspecified atom stereocenters. The van der Waals surface area contributed by atoms with E-state index in [2.05, 4.69) is 28.7 Å². The van der Waals surface area contributed by atoms with Gasteiger partial charge < -0.3 is 15.1 Å². The minimum atomic E-state index is 0.0454. The van der Waals surface area contributed by atoms with E-state index in [-0.39, 0.29) is 5.56 Å². The Bertz CT molecular complexity index is 696. The Balaban J connectivity index is 1.71. The molecule has 2 N–H and O–H groups in total. The molecule has 2 aromatic rings. The summed E-state index contributed by atoms with van der Waals surface area (Å²) in [4.78, 5) is 12.0. The number of rotatable bonds is 4. The first kappa shape index (κ1) is 14.0. The van der Waals surface area contributed by atoms with Gasteiger partial charge in [-0.05, 0) is 42.1 Å². The number of fused-ring (bicyclic) bond motifs is 1. The lowest BCUT2D eigenvalue weighted by atomic mass is 9.97. The average molecular weight is 281 g/mol. The second-order valence-electron chi connectivity index (χ2n) is 5.48. The van der Waals surface area contributed by atoms with E-state index >= 15 is 0 Å². The van der Waals surface area contributed by atoms with Gasteiger partial charge in [-0.2, -0.15) is 0 Å². The molecule has 1 aliphatic heterocycles. The van der Waals surface area contributed by atoms with Gasteiger partial charge in [0.2, 0.25) is 7.98 Å². The van der Waals surface area contributed by atoms with Crippen molar-refractivity contribution in [2.24, 2.45) is 0 Å². The Morgan fingerprint density at radius 3 is 2.95 bits per heavy atom. The lowest BCUT2D eigenvalue weighted by molar-refractivity contribution is 0.638. The molecule has 2 heterocycles. The van der Waals surface area contributed by atoms with Crippen LogP contribution >= 0.6 is 0 Å². The van der Waals surface area contributed by atoms with Gasteiger partial charge in [0.1, 0.15) is 0 Å². The Hall–Kier alpha value is -2.01. The number of anilines is 1. The number of benzene rings is 1. The molecule has 21 heavy (non-hydrogen) atoms. The van der Waals surface area contributed by atoms with Crippen molar-refractivity contribution in [2.45, 2.75) is 25.9 Å². The largest absolute Gasteiger partial charge is 0.434 e. The fraction of sp³-hybridized carbons (Fsp3) is 0.312. The van der Waals surface area contributed by atoms with Crippen LogP contribution in [0.4, 0.5) is 5.69 Å². The predicted molar refractivity (Wildman–Crippen MR) is 88.4 cm³/mol. The SMILES string of the molecule is BNc1ccn(CCc2ccc3c(c2)CCNC3)c(=O)c1. The Labute approximate surface area is 125 Å². The number of hydrogen-bond acceptors (Lipinski definition) is 3. The second-order valence-corrected chi connectivity index (χ2v) is 5.48. The average Bonchev–Trinajstić information content (AvgIpc) is 2.53. The summed E-state index contributed by atoms with van der Waals surface area (Å²) >= 11 is 0. The van der Waals surface area contributed by atoms with Crippen LogP contribution in [0.2, 0.25) is 0 Å². The molecule has 5 heteroatoms. The third kappa shape index (κ3) is 3.19. The van der Waals surface area contributed by atoms with Crippen LogP contribution < -0.4 is 16.1 Å². The number of aromatic nitrogens is 1. The van der Waals surface area contributed by atoms with Crippen molar-refractivity contribution in [3.63, 3.8) is 0 Å². The second kappa shape index (κ2) is 6.18. The Morgan fingerprint density at radius 1 is 1.24 bits per heavy atom. The van der Waals surface area contributed by atoms with E-state index in [0.717, 1.165) is 38.2 Å². The topological polar surface area (TPSA) is 46.1 Å². The van der Waals surface area contributed by atoms with E-state index in [4.69, 9.17) is 0 Å². The van der Waals surface area contributed by atoms with Crippen molar-refractivity contribution in [1.82, 2.24) is 9.88 Å². The summed E-state index contributed by atoms with van der Waals surface area (Å²) in [6.45, 7) is 2.75. The van der Waals surface area contributed by atoms with Crippen molar-refractivity contribution in [3.05, 3.63) is 63.6 Å². The van der Waals surface area contributed by atoms with Gasteiger partial charge in [0.15, 0.2) is 0 Å². The van der Waals surface area contributed by atoms with E-state index < -0.39 is 0 Å². The molecule has 0 amide bonds. The van der Waals surface area contributed by atoms with Crippen LogP contribution in [0.5, 0.6) is 0 Å². The number of nitrogens with one attached hydrogen (secondary N) is 2. The molecule has 0 saturated heterocycles. The number of nitrogens with zero attached hydrogens (tertiary/aromatic N) is 1. The third-order valence-corrected chi connectivity index (χ3v) is 4.08. The van der Waals surface area contributed by atoms with Crippen LogP contribution in [0, 0.1) is 0 Å². The number of pyridine rings is 1. The van der Waals surface area contributed by atoms with Gasteiger partial charge in [-0.3, -0.25) is 4.79 Å². The van der Waals surface area contributed by atoms with E-state index in [1.807, 2.05) is 20.2 Å². The zero-order valence-electron chi connectivity index (χ0n) is 12.4. The van der Waals surface area contributed by atoms with Crippen molar-refractivity contribution in [3.8, 4) is 0 Å². The van der Waals surface area contributed by atoms with Gasteiger partial charge in [0, 0.05) is 31.0 Å². The molecule has 108 valence electrons. The molecule has 0 atom stereocenters. The maximum absolute atomic E-state index is 12.0. The van der Waals surface area contributed by atoms with Crippen LogP contribution in [-0.4, -0.2) is 19.1 Å². The van der Waals surface area contributed by atoms with Gasteiger partial charge in [0.25, 0.3) is 5.56 Å². The molecule has 0 aliphatic carbocycles. The normalized spacial score (nSPS) is 13.7. The summed E-state index contributed by atoms with van der Waals surface area (Å²) in [5.41, 5.74) is 5.06. The first-order valence-electron chi connectivity index (χ1n) is 7.46. The predicted octanol–water partition coefficient (Wildman–Crippen LogP) is 0.697. The minimum Gasteiger partial charge on any atom is -0.434 e. The summed E-state index contributed by atoms with van der Waals surface area (Å²) in [5.74, 6) is 0. The van der Waals surface area contributed by atoms with Gasteiger partial charge in [-0.25, -0.2) is 0 Å². The maximum Gasteiger partial charge on any atom is 0.252 e. The number of hydrogen-bond donors (Lipinski definition) is 2. The lowest BCUT2D eigenvalue weighted by Crippen LogP contribution is -2.24. The standard InChI is InChI=1S/C16H20BN3O/c17-19-15-5-8-20(16(21)10-15)7-4-12-1-2-14-11-18-6-3-13(14)9-12/h1-2,5,8-10,18-19H,3-4,6-7,11,17H2. The van der Waals surface area contributed by atoms with Crippen LogP contribution in [0.25, 0.3) is 0 Å². The summed E-state index contributed by atoms with van der Waals surface area (Å²) < 4.78 is 1.77. The maximum atomic E-state index is 12.0. The summed E-state index contributed by atoms with van der Waals surface area (Å²) in [7, 11) is 1.82. The highest BCUT2D eigenvalue weighted by atomic mass is 16.1. The van der Waals surface area contributed by atoms with Crippen molar-refractivity contribution >= 4 is 13.7 Å². The van der Waals surface area contributed by atoms with Gasteiger partial charge >= 0.3 is 0 Å². The van der Waals surface area contributed by atoms with E-state index in [1.54, 1.807) is 10.6 Å². The smallest absolute Gasteiger partial charge is 0.252 e. The fourth-order valence-corrected chi connectivity index (χ4v) is 2.78. The van der Waals surface area contributed by atoms with Crippen molar-refractivity contribution in [1.29, 1.82) is 0 Å². The zero-order chi connectivity index (χ0) is 14.7. The molecule has 0 spiro atoms. The van der Waals surface area contributed by atoms with Gasteiger partial charge in [-0.15, -0.1) is 0 Å². The van der Waals surface area contributed by atoms with E-state index in [9.17, 15) is 4.79 Å². The van der Waals surface area contributed by atoms with E-state index in [0.29, 0.717) is 0 Å². The molecule has 0 radical (unpaired) electrons. The zero-order valence-corrected chi connectivity index (χ0v) is 12.4. The quantitative estimate of drug-likeness (QED) is 0.811. The molecule has 0 saturated carbocycles. The highest BCUT2D eigenvalue weighted by Crippen LogP contribution is 2.16. The Morgan fingerprint density at radius 2 is 2.14 bits per heavy atom. The molecule has 1 aromatic heterocycles. The summed E-state index contributed by atoms with van der Waals surface area (Å²) in [6, 6.07) is 10.3. The number of aryl methyl sites for hydroxylation is 2. The highest BCUT2D eigenvalue weighted by Gasteiger charge is 2.08. The molecule has 3 rings (SSSR count). The molecule has 0 fully saturated rings. The summed E-state index contributed by atoms with van der Waals surface area (Å²) in [5, 5.41) is 6.37. The van der Waals surface area contributed by atoms with Crippen LogP contribution in [0.1, 0.15) is 16.7 Å². The van der Waals surface area contributed by atoms with Crippen molar-refractivity contribution in [2.75, 3.05) is 11.8 Å². The third-order valence-electron chi connectivity index (χ3n) is 4.08. The van der Waals surface area contributed by atoms with Gasteiger partial charge in [0.05, 0.1) is 0 Å². The van der Waals surface area contributed by atoms with E-state index in [1.165, 1.54) is 16.7 Å². The molecule has 1 aliphatic rings. The minimum absolute atomic E-state index is 0.0454. The molecular formula is C16H20BN3O. The summed E-state index contributed by atoms with van der Waals surface area (Å²) in [6.07, 6.45) is 3.84. The van der Waals surface area contributed by atoms with Crippen LogP contribution in [0.15, 0.2) is 41.3 Å². The first-order chi connectivity index (χ1) is 10.3. The van der Waals surface area contributed by atoms with Gasteiger partial charge in [-0.1, -0.05) is 18.2 Å². The Kier molecular flexibility index (Phi) is 4.11. The highest BCUT2D eigenvalue weighted by molar-refractivity contribution is 6.15. The monoisotopic (exact) mass is 281 g/mol. The van der Waals surface area contributed by atoms with Crippen molar-refractivity contribution < 1.29 is 0 Å². The molecular weight excluding hydrogens is 261 g/mol. The first-order valence-corrected chi connectivity index (χ1v) is 7.46. The molecule has 4 nitrogen and oxygen atoms in total. The van der Waals surface area contributed by atoms with Crippen LogP contribution in [0.3, 0.4) is 0 Å². The fourth-order valence-electron chi connectivity index (χ4n) is 2.78. The van der Waals surface area contributed by atoms with Crippen LogP contribution in [-0.2, 0) is 25.9 Å².